The Labute approximate surface area is 169 Å². The normalized spacial score (nSPS) is 10.4. The van der Waals surface area contributed by atoms with Crippen molar-refractivity contribution in [1.82, 2.24) is 0 Å². The third kappa shape index (κ3) is 5.04. The van der Waals surface area contributed by atoms with E-state index < -0.39 is 5.97 Å². The number of carbonyl (C=O) groups is 2. The van der Waals surface area contributed by atoms with Crippen LogP contribution in [0.5, 0.6) is 5.75 Å². The van der Waals surface area contributed by atoms with E-state index in [4.69, 9.17) is 13.9 Å². The van der Waals surface area contributed by atoms with Gasteiger partial charge >= 0.3 is 5.97 Å². The second-order valence-corrected chi connectivity index (χ2v) is 6.56. The molecule has 2 aromatic carbocycles. The number of anilines is 1. The molecule has 0 saturated carbocycles. The molecule has 0 atom stereocenters. The number of benzene rings is 2. The highest BCUT2D eigenvalue weighted by molar-refractivity contribution is 5.95. The maximum Gasteiger partial charge on any atom is 0.337 e. The standard InChI is InChI=1S/C23H23NO5/c1-15-4-5-17(23(26)28-3)14-20(15)24-22(25)13-11-19-10-12-21(29-19)16-6-8-18(27-2)9-7-16/h4-10,12,14H,11,13H2,1-3H3,(H,24,25). The van der Waals surface area contributed by atoms with Crippen molar-refractivity contribution in [2.75, 3.05) is 19.5 Å². The highest BCUT2D eigenvalue weighted by Crippen LogP contribution is 2.25. The molecule has 0 aliphatic carbocycles. The van der Waals surface area contributed by atoms with Gasteiger partial charge in [-0.3, -0.25) is 4.79 Å². The summed E-state index contributed by atoms with van der Waals surface area (Å²) < 4.78 is 15.7. The van der Waals surface area contributed by atoms with Crippen LogP contribution in [0.4, 0.5) is 5.69 Å². The molecule has 0 fully saturated rings. The zero-order valence-corrected chi connectivity index (χ0v) is 16.7. The molecule has 1 aromatic heterocycles. The molecule has 0 radical (unpaired) electrons. The molecule has 1 amide bonds. The van der Waals surface area contributed by atoms with E-state index in [1.807, 2.05) is 43.3 Å². The molecule has 0 bridgehead atoms. The highest BCUT2D eigenvalue weighted by Gasteiger charge is 2.12. The van der Waals surface area contributed by atoms with Crippen molar-refractivity contribution in [2.45, 2.75) is 19.8 Å². The zero-order chi connectivity index (χ0) is 20.8. The number of nitrogens with one attached hydrogen (secondary N) is 1. The smallest absolute Gasteiger partial charge is 0.337 e. The molecule has 0 spiro atoms. The molecule has 3 aromatic rings. The molecule has 0 aliphatic heterocycles. The minimum atomic E-state index is -0.442. The van der Waals surface area contributed by atoms with E-state index in [0.717, 1.165) is 28.4 Å². The lowest BCUT2D eigenvalue weighted by molar-refractivity contribution is -0.116. The number of methoxy groups -OCH3 is 2. The first-order valence-corrected chi connectivity index (χ1v) is 9.22. The van der Waals surface area contributed by atoms with Crippen molar-refractivity contribution in [3.8, 4) is 17.1 Å². The number of furan rings is 1. The first-order valence-electron chi connectivity index (χ1n) is 9.22. The summed E-state index contributed by atoms with van der Waals surface area (Å²) in [4.78, 5) is 24.0. The van der Waals surface area contributed by atoms with Gasteiger partial charge in [0.05, 0.1) is 19.8 Å². The molecule has 0 unspecified atom stereocenters. The van der Waals surface area contributed by atoms with Crippen LogP contribution in [0.15, 0.2) is 59.0 Å². The van der Waals surface area contributed by atoms with E-state index >= 15 is 0 Å². The fourth-order valence-corrected chi connectivity index (χ4v) is 2.87. The topological polar surface area (TPSA) is 77.8 Å². The third-order valence-corrected chi connectivity index (χ3v) is 4.57. The first-order chi connectivity index (χ1) is 14.0. The Hall–Kier alpha value is -3.54. The van der Waals surface area contributed by atoms with Crippen molar-refractivity contribution < 1.29 is 23.5 Å². The van der Waals surface area contributed by atoms with Crippen molar-refractivity contribution in [2.24, 2.45) is 0 Å². The van der Waals surface area contributed by atoms with Gasteiger partial charge in [0.15, 0.2) is 0 Å². The zero-order valence-electron chi connectivity index (χ0n) is 16.7. The van der Waals surface area contributed by atoms with Crippen LogP contribution in [0.25, 0.3) is 11.3 Å². The molecule has 6 nitrogen and oxygen atoms in total. The Morgan fingerprint density at radius 1 is 1.00 bits per heavy atom. The van der Waals surface area contributed by atoms with E-state index in [9.17, 15) is 9.59 Å². The number of ether oxygens (including phenoxy) is 2. The molecule has 1 heterocycles. The van der Waals surface area contributed by atoms with Gasteiger partial charge in [-0.2, -0.15) is 0 Å². The quantitative estimate of drug-likeness (QED) is 0.593. The van der Waals surface area contributed by atoms with Crippen LogP contribution in [0.2, 0.25) is 0 Å². The summed E-state index contributed by atoms with van der Waals surface area (Å²) >= 11 is 0. The SMILES string of the molecule is COC(=O)c1ccc(C)c(NC(=O)CCc2ccc(-c3ccc(OC)cc3)o2)c1. The number of amides is 1. The molecule has 150 valence electrons. The Morgan fingerprint density at radius 2 is 1.76 bits per heavy atom. The van der Waals surface area contributed by atoms with Gasteiger partial charge in [-0.05, 0) is 61.0 Å². The third-order valence-electron chi connectivity index (χ3n) is 4.57. The van der Waals surface area contributed by atoms with Crippen molar-refractivity contribution in [3.05, 3.63) is 71.5 Å². The highest BCUT2D eigenvalue weighted by atomic mass is 16.5. The lowest BCUT2D eigenvalue weighted by Crippen LogP contribution is -2.14. The van der Waals surface area contributed by atoms with E-state index in [2.05, 4.69) is 5.32 Å². The summed E-state index contributed by atoms with van der Waals surface area (Å²) in [5.41, 5.74) is 2.79. The van der Waals surface area contributed by atoms with Gasteiger partial charge in [-0.15, -0.1) is 0 Å². The fraction of sp³-hybridized carbons (Fsp3) is 0.217. The monoisotopic (exact) mass is 393 g/mol. The maximum absolute atomic E-state index is 12.4. The first kappa shape index (κ1) is 20.2. The Kier molecular flexibility index (Phi) is 6.34. The molecular weight excluding hydrogens is 370 g/mol. The van der Waals surface area contributed by atoms with Crippen LogP contribution in [0.3, 0.4) is 0 Å². The van der Waals surface area contributed by atoms with E-state index in [0.29, 0.717) is 17.7 Å². The number of esters is 1. The van der Waals surface area contributed by atoms with Gasteiger partial charge in [0.2, 0.25) is 5.91 Å². The van der Waals surface area contributed by atoms with Gasteiger partial charge in [0.1, 0.15) is 17.3 Å². The molecule has 6 heteroatoms. The van der Waals surface area contributed by atoms with Gasteiger partial charge < -0.3 is 19.2 Å². The minimum absolute atomic E-state index is 0.155. The average Bonchev–Trinajstić information content (AvgIpc) is 3.22. The largest absolute Gasteiger partial charge is 0.497 e. The van der Waals surface area contributed by atoms with Gasteiger partial charge in [0.25, 0.3) is 0 Å². The van der Waals surface area contributed by atoms with E-state index in [1.54, 1.807) is 25.3 Å². The van der Waals surface area contributed by atoms with Crippen molar-refractivity contribution in [1.29, 1.82) is 0 Å². The summed E-state index contributed by atoms with van der Waals surface area (Å²) in [7, 11) is 2.95. The molecule has 1 N–H and O–H groups in total. The summed E-state index contributed by atoms with van der Waals surface area (Å²) in [6, 6.07) is 16.4. The summed E-state index contributed by atoms with van der Waals surface area (Å²) in [5.74, 6) is 1.65. The fourth-order valence-electron chi connectivity index (χ4n) is 2.87. The van der Waals surface area contributed by atoms with Crippen LogP contribution in [-0.4, -0.2) is 26.1 Å². The molecule has 0 aliphatic rings. The molecule has 0 saturated heterocycles. The van der Waals surface area contributed by atoms with Crippen LogP contribution in [0, 0.1) is 6.92 Å². The predicted molar refractivity (Wildman–Crippen MR) is 110 cm³/mol. The maximum atomic E-state index is 12.4. The van der Waals surface area contributed by atoms with Gasteiger partial charge in [-0.25, -0.2) is 4.79 Å². The second-order valence-electron chi connectivity index (χ2n) is 6.56. The van der Waals surface area contributed by atoms with Crippen LogP contribution < -0.4 is 10.1 Å². The predicted octanol–water partition coefficient (Wildman–Crippen LogP) is 4.62. The number of carbonyl (C=O) groups excluding carboxylic acids is 2. The lowest BCUT2D eigenvalue weighted by Gasteiger charge is -2.09. The Morgan fingerprint density at radius 3 is 2.45 bits per heavy atom. The second kappa shape index (κ2) is 9.10. The van der Waals surface area contributed by atoms with Gasteiger partial charge in [-0.1, -0.05) is 6.07 Å². The number of aryl methyl sites for hydroxylation is 2. The summed E-state index contributed by atoms with van der Waals surface area (Å²) in [6.45, 7) is 1.87. The van der Waals surface area contributed by atoms with Crippen LogP contribution >= 0.6 is 0 Å². The number of rotatable bonds is 7. The average molecular weight is 393 g/mol. The minimum Gasteiger partial charge on any atom is -0.497 e. The Balaban J connectivity index is 1.60. The van der Waals surface area contributed by atoms with Crippen LogP contribution in [-0.2, 0) is 16.0 Å². The van der Waals surface area contributed by atoms with Crippen molar-refractivity contribution in [3.63, 3.8) is 0 Å². The summed E-state index contributed by atoms with van der Waals surface area (Å²) in [6.07, 6.45) is 0.731. The van der Waals surface area contributed by atoms with E-state index in [-0.39, 0.29) is 12.3 Å². The Bertz CT molecular complexity index is 1000. The van der Waals surface area contributed by atoms with E-state index in [1.165, 1.54) is 7.11 Å². The number of hydrogen-bond donors (Lipinski definition) is 1. The molecular formula is C23H23NO5. The van der Waals surface area contributed by atoms with Crippen LogP contribution in [0.1, 0.15) is 28.1 Å². The molecule has 29 heavy (non-hydrogen) atoms. The lowest BCUT2D eigenvalue weighted by atomic mass is 10.1. The van der Waals surface area contributed by atoms with Crippen molar-refractivity contribution >= 4 is 17.6 Å². The number of hydrogen-bond acceptors (Lipinski definition) is 5. The van der Waals surface area contributed by atoms with Gasteiger partial charge in [0, 0.05) is 24.1 Å². The summed E-state index contributed by atoms with van der Waals surface area (Å²) in [5, 5.41) is 2.85. The molecule has 3 rings (SSSR count).